The van der Waals surface area contributed by atoms with Gasteiger partial charge in [-0.1, -0.05) is 23.8 Å². The Morgan fingerprint density at radius 3 is 3.12 bits per heavy atom. The molecular weight excluding hydrogens is 222 g/mol. The van der Waals surface area contributed by atoms with Crippen LogP contribution in [0.5, 0.6) is 5.75 Å². The summed E-state index contributed by atoms with van der Waals surface area (Å²) < 4.78 is 5.61. The Bertz CT molecular complexity index is 426. The zero-order valence-corrected chi connectivity index (χ0v) is 10.2. The van der Waals surface area contributed by atoms with Gasteiger partial charge in [-0.25, -0.2) is 0 Å². The maximum Gasteiger partial charge on any atom is 0.141 e. The number of hydrogen-bond acceptors (Lipinski definition) is 2. The smallest absolute Gasteiger partial charge is 0.141 e. The lowest BCUT2D eigenvalue weighted by atomic mass is 9.96. The minimum atomic E-state index is 0.546. The van der Waals surface area contributed by atoms with E-state index in [0.717, 1.165) is 30.8 Å². The number of hydrogen-bond donors (Lipinski definition) is 1. The molecule has 0 atom stereocenters. The highest BCUT2D eigenvalue weighted by Gasteiger charge is 2.17. The normalized spacial score (nSPS) is 14.9. The van der Waals surface area contributed by atoms with E-state index < -0.39 is 0 Å². The fraction of sp³-hybridized carbons (Fsp3) is 0.385. The Kier molecular flexibility index (Phi) is 3.52. The predicted molar refractivity (Wildman–Crippen MR) is 68.1 cm³/mol. The molecule has 0 unspecified atom stereocenters. The van der Waals surface area contributed by atoms with Crippen molar-refractivity contribution in [2.24, 2.45) is 5.73 Å². The maximum absolute atomic E-state index is 6.21. The monoisotopic (exact) mass is 237 g/mol. The van der Waals surface area contributed by atoms with Crippen molar-refractivity contribution in [3.63, 3.8) is 0 Å². The van der Waals surface area contributed by atoms with E-state index in [2.05, 4.69) is 6.92 Å². The minimum absolute atomic E-state index is 0.546. The third-order valence-corrected chi connectivity index (χ3v) is 3.19. The number of halogens is 1. The number of ether oxygens (including phenoxy) is 1. The molecule has 1 aliphatic rings. The fourth-order valence-electron chi connectivity index (χ4n) is 2.05. The van der Waals surface area contributed by atoms with Crippen LogP contribution < -0.4 is 10.5 Å². The maximum atomic E-state index is 6.21. The van der Waals surface area contributed by atoms with E-state index in [1.165, 1.54) is 11.1 Å². The van der Waals surface area contributed by atoms with Gasteiger partial charge < -0.3 is 10.5 Å². The lowest BCUT2D eigenvalue weighted by Crippen LogP contribution is -2.11. The third kappa shape index (κ3) is 2.08. The largest absolute Gasteiger partial charge is 0.492 e. The molecule has 2 rings (SSSR count). The van der Waals surface area contributed by atoms with Crippen molar-refractivity contribution in [2.75, 3.05) is 13.2 Å². The topological polar surface area (TPSA) is 35.2 Å². The van der Waals surface area contributed by atoms with Crippen LogP contribution >= 0.6 is 11.6 Å². The quantitative estimate of drug-likeness (QED) is 0.859. The van der Waals surface area contributed by atoms with E-state index in [1.54, 1.807) is 0 Å². The van der Waals surface area contributed by atoms with E-state index in [1.807, 2.05) is 18.2 Å². The Hall–Kier alpha value is -0.990. The van der Waals surface area contributed by atoms with Crippen LogP contribution in [-0.4, -0.2) is 13.2 Å². The molecule has 0 saturated carbocycles. The molecule has 1 aromatic carbocycles. The van der Waals surface area contributed by atoms with Gasteiger partial charge in [-0.3, -0.25) is 0 Å². The molecule has 1 heterocycles. The van der Waals surface area contributed by atoms with Gasteiger partial charge in [-0.15, -0.1) is 0 Å². The van der Waals surface area contributed by atoms with Crippen molar-refractivity contribution in [1.82, 2.24) is 0 Å². The van der Waals surface area contributed by atoms with Crippen LogP contribution in [0.25, 0.3) is 6.08 Å². The number of nitrogens with two attached hydrogens (primary N) is 1. The van der Waals surface area contributed by atoms with Gasteiger partial charge in [0.05, 0.1) is 11.6 Å². The SMILES string of the molecule is Cc1c(/C=C/CN)cc(Cl)c2c1CCCO2. The summed E-state index contributed by atoms with van der Waals surface area (Å²) in [6.07, 6.45) is 6.07. The molecule has 1 aliphatic heterocycles. The molecule has 0 saturated heterocycles. The van der Waals surface area contributed by atoms with E-state index in [0.29, 0.717) is 11.6 Å². The Balaban J connectivity index is 2.49. The predicted octanol–water partition coefficient (Wildman–Crippen LogP) is 2.95. The first-order valence-corrected chi connectivity index (χ1v) is 5.93. The first kappa shape index (κ1) is 11.5. The Morgan fingerprint density at radius 1 is 1.56 bits per heavy atom. The van der Waals surface area contributed by atoms with Crippen LogP contribution in [0.2, 0.25) is 5.02 Å². The fourth-order valence-corrected chi connectivity index (χ4v) is 2.33. The van der Waals surface area contributed by atoms with Gasteiger partial charge in [-0.2, -0.15) is 0 Å². The summed E-state index contributed by atoms with van der Waals surface area (Å²) in [5, 5.41) is 0.706. The molecular formula is C13H16ClNO. The van der Waals surface area contributed by atoms with Crippen molar-refractivity contribution in [1.29, 1.82) is 0 Å². The van der Waals surface area contributed by atoms with Crippen molar-refractivity contribution < 1.29 is 4.74 Å². The van der Waals surface area contributed by atoms with Crippen LogP contribution in [0.15, 0.2) is 12.1 Å². The minimum Gasteiger partial charge on any atom is -0.492 e. The highest BCUT2D eigenvalue weighted by atomic mass is 35.5. The average Bonchev–Trinajstić information content (AvgIpc) is 2.32. The summed E-state index contributed by atoms with van der Waals surface area (Å²) in [7, 11) is 0. The van der Waals surface area contributed by atoms with Crippen molar-refractivity contribution in [3.05, 3.63) is 33.9 Å². The van der Waals surface area contributed by atoms with Crippen LogP contribution in [0.3, 0.4) is 0 Å². The molecule has 0 amide bonds. The summed E-state index contributed by atoms with van der Waals surface area (Å²) in [5.74, 6) is 0.871. The van der Waals surface area contributed by atoms with Gasteiger partial charge in [0.15, 0.2) is 0 Å². The summed E-state index contributed by atoms with van der Waals surface area (Å²) >= 11 is 6.21. The first-order valence-electron chi connectivity index (χ1n) is 5.55. The number of benzene rings is 1. The van der Waals surface area contributed by atoms with Crippen molar-refractivity contribution in [3.8, 4) is 5.75 Å². The highest BCUT2D eigenvalue weighted by Crippen LogP contribution is 2.37. The molecule has 0 bridgehead atoms. The molecule has 2 nitrogen and oxygen atoms in total. The van der Waals surface area contributed by atoms with Gasteiger partial charge in [0.25, 0.3) is 0 Å². The molecule has 0 radical (unpaired) electrons. The summed E-state index contributed by atoms with van der Waals surface area (Å²) in [6, 6.07) is 1.95. The number of rotatable bonds is 2. The lowest BCUT2D eigenvalue weighted by Gasteiger charge is -2.21. The van der Waals surface area contributed by atoms with Gasteiger partial charge >= 0.3 is 0 Å². The van der Waals surface area contributed by atoms with E-state index in [-0.39, 0.29) is 0 Å². The average molecular weight is 238 g/mol. The number of fused-ring (bicyclic) bond motifs is 1. The zero-order chi connectivity index (χ0) is 11.5. The van der Waals surface area contributed by atoms with Gasteiger partial charge in [0, 0.05) is 6.54 Å². The molecule has 0 aromatic heterocycles. The molecule has 0 fully saturated rings. The standard InChI is InChI=1S/C13H16ClNO/c1-9-10(4-2-6-15)8-12(14)13-11(9)5-3-7-16-13/h2,4,8H,3,5-7,15H2,1H3/b4-2+. The molecule has 1 aromatic rings. The van der Waals surface area contributed by atoms with Crippen LogP contribution in [0.4, 0.5) is 0 Å². The van der Waals surface area contributed by atoms with Crippen molar-refractivity contribution in [2.45, 2.75) is 19.8 Å². The van der Waals surface area contributed by atoms with E-state index >= 15 is 0 Å². The summed E-state index contributed by atoms with van der Waals surface area (Å²) in [6.45, 7) is 3.43. The van der Waals surface area contributed by atoms with Gasteiger partial charge in [0.2, 0.25) is 0 Å². The summed E-state index contributed by atoms with van der Waals surface area (Å²) in [5.41, 5.74) is 9.10. The Morgan fingerprint density at radius 2 is 2.38 bits per heavy atom. The molecule has 3 heteroatoms. The molecule has 0 spiro atoms. The van der Waals surface area contributed by atoms with E-state index in [4.69, 9.17) is 22.1 Å². The lowest BCUT2D eigenvalue weighted by molar-refractivity contribution is 0.288. The zero-order valence-electron chi connectivity index (χ0n) is 9.42. The van der Waals surface area contributed by atoms with Gasteiger partial charge in [0.1, 0.15) is 5.75 Å². The second kappa shape index (κ2) is 4.89. The second-order valence-electron chi connectivity index (χ2n) is 3.97. The summed E-state index contributed by atoms with van der Waals surface area (Å²) in [4.78, 5) is 0. The Labute approximate surface area is 101 Å². The molecule has 16 heavy (non-hydrogen) atoms. The van der Waals surface area contributed by atoms with Gasteiger partial charge in [-0.05, 0) is 42.5 Å². The second-order valence-corrected chi connectivity index (χ2v) is 4.38. The molecule has 2 N–H and O–H groups in total. The first-order chi connectivity index (χ1) is 7.74. The van der Waals surface area contributed by atoms with Crippen LogP contribution in [0, 0.1) is 6.92 Å². The van der Waals surface area contributed by atoms with Crippen LogP contribution in [-0.2, 0) is 6.42 Å². The molecule has 0 aliphatic carbocycles. The van der Waals surface area contributed by atoms with Crippen molar-refractivity contribution >= 4 is 17.7 Å². The van der Waals surface area contributed by atoms with E-state index in [9.17, 15) is 0 Å². The third-order valence-electron chi connectivity index (χ3n) is 2.91. The van der Waals surface area contributed by atoms with Crippen LogP contribution in [0.1, 0.15) is 23.1 Å². The highest BCUT2D eigenvalue weighted by molar-refractivity contribution is 6.32. The molecule has 86 valence electrons.